The van der Waals surface area contributed by atoms with Crippen molar-refractivity contribution in [3.05, 3.63) is 65.7 Å². The lowest BCUT2D eigenvalue weighted by molar-refractivity contribution is -0.148. The van der Waals surface area contributed by atoms with Crippen LogP contribution in [0.5, 0.6) is 0 Å². The molecule has 0 aliphatic carbocycles. The monoisotopic (exact) mass is 457 g/mol. The smallest absolute Gasteiger partial charge is 0.303 e. The second kappa shape index (κ2) is 9.70. The highest BCUT2D eigenvalue weighted by Crippen LogP contribution is 2.25. The molecule has 2 aromatic carbocycles. The molecule has 0 aromatic heterocycles. The van der Waals surface area contributed by atoms with Crippen LogP contribution in [0.4, 0.5) is 0 Å². The van der Waals surface area contributed by atoms with Crippen molar-refractivity contribution in [2.24, 2.45) is 0 Å². The molecular weight excluding hydrogens is 426 g/mol. The molecule has 8 heteroatoms. The Labute approximate surface area is 190 Å². The lowest BCUT2D eigenvalue weighted by atomic mass is 10.1. The van der Waals surface area contributed by atoms with Crippen LogP contribution < -0.4 is 0 Å². The molecule has 2 aliphatic rings. The van der Waals surface area contributed by atoms with Crippen LogP contribution in [0.25, 0.3) is 0 Å². The Morgan fingerprint density at radius 2 is 1.62 bits per heavy atom. The number of aryl methyl sites for hydroxylation is 1. The van der Waals surface area contributed by atoms with Gasteiger partial charge in [-0.05, 0) is 24.6 Å². The molecular formula is C24H31N3O4S. The minimum absolute atomic E-state index is 0.0619. The molecule has 0 N–H and O–H groups in total. The van der Waals surface area contributed by atoms with E-state index in [0.717, 1.165) is 18.7 Å². The number of piperazine rings is 1. The Morgan fingerprint density at radius 1 is 0.969 bits per heavy atom. The van der Waals surface area contributed by atoms with Gasteiger partial charge in [-0.25, -0.2) is 8.42 Å². The summed E-state index contributed by atoms with van der Waals surface area (Å²) in [6, 6.07) is 17.3. The number of carbonyl (C=O) groups excluding carboxylic acids is 1. The summed E-state index contributed by atoms with van der Waals surface area (Å²) in [7, 11) is -3.50. The predicted molar refractivity (Wildman–Crippen MR) is 123 cm³/mol. The van der Waals surface area contributed by atoms with Gasteiger partial charge in [-0.2, -0.15) is 4.31 Å². The number of benzene rings is 2. The first-order valence-electron chi connectivity index (χ1n) is 11.1. The van der Waals surface area contributed by atoms with Crippen LogP contribution in [0, 0.1) is 6.92 Å². The van der Waals surface area contributed by atoms with Crippen molar-refractivity contribution in [3.63, 3.8) is 0 Å². The Balaban J connectivity index is 1.41. The Hall–Kier alpha value is -2.26. The number of hydrogen-bond donors (Lipinski definition) is 0. The number of rotatable bonds is 6. The van der Waals surface area contributed by atoms with E-state index < -0.39 is 10.0 Å². The summed E-state index contributed by atoms with van der Waals surface area (Å²) in [6.45, 7) is 7.76. The number of likely N-dealkylation sites (tertiary alicyclic amines) is 1. The van der Waals surface area contributed by atoms with E-state index in [4.69, 9.17) is 4.74 Å². The fourth-order valence-electron chi connectivity index (χ4n) is 4.62. The molecule has 0 spiro atoms. The Bertz CT molecular complexity index is 1020. The van der Waals surface area contributed by atoms with Crippen molar-refractivity contribution in [1.29, 1.82) is 0 Å². The summed E-state index contributed by atoms with van der Waals surface area (Å²) in [4.78, 5) is 16.6. The fraction of sp³-hybridized carbons (Fsp3) is 0.458. The highest BCUT2D eigenvalue weighted by atomic mass is 32.2. The summed E-state index contributed by atoms with van der Waals surface area (Å²) < 4.78 is 33.3. The molecule has 7 nitrogen and oxygen atoms in total. The van der Waals surface area contributed by atoms with Crippen LogP contribution in [-0.4, -0.2) is 79.9 Å². The van der Waals surface area contributed by atoms with E-state index in [0.29, 0.717) is 37.6 Å². The molecule has 2 saturated heterocycles. The quantitative estimate of drug-likeness (QED) is 0.619. The van der Waals surface area contributed by atoms with Crippen molar-refractivity contribution in [1.82, 2.24) is 14.1 Å². The second-order valence-electron chi connectivity index (χ2n) is 8.65. The molecule has 172 valence electrons. The number of hydrogen-bond acceptors (Lipinski definition) is 6. The SMILES string of the molecule is CC(=O)O[C@@H]1CN(Cc2ccccc2)C[C@H]1N1CCN(S(=O)(=O)c2ccc(C)cc2)CC1. The van der Waals surface area contributed by atoms with Crippen molar-refractivity contribution in [2.45, 2.75) is 37.4 Å². The molecule has 0 bridgehead atoms. The summed E-state index contributed by atoms with van der Waals surface area (Å²) >= 11 is 0. The van der Waals surface area contributed by atoms with Gasteiger partial charge in [-0.15, -0.1) is 0 Å². The topological polar surface area (TPSA) is 70.2 Å². The van der Waals surface area contributed by atoms with E-state index in [2.05, 4.69) is 21.9 Å². The summed E-state index contributed by atoms with van der Waals surface area (Å²) in [5.74, 6) is -0.276. The molecule has 32 heavy (non-hydrogen) atoms. The number of esters is 1. The molecule has 0 unspecified atom stereocenters. The molecule has 0 saturated carbocycles. The first kappa shape index (κ1) is 22.9. The minimum Gasteiger partial charge on any atom is -0.459 e. The normalized spacial score (nSPS) is 23.3. The van der Waals surface area contributed by atoms with E-state index in [9.17, 15) is 13.2 Å². The van der Waals surface area contributed by atoms with Gasteiger partial charge in [0.05, 0.1) is 10.9 Å². The molecule has 0 radical (unpaired) electrons. The van der Waals surface area contributed by atoms with Gasteiger partial charge in [0, 0.05) is 52.7 Å². The first-order chi connectivity index (χ1) is 15.3. The van der Waals surface area contributed by atoms with E-state index in [1.54, 1.807) is 16.4 Å². The highest BCUT2D eigenvalue weighted by molar-refractivity contribution is 7.89. The summed E-state index contributed by atoms with van der Waals surface area (Å²) in [5.41, 5.74) is 2.26. The van der Waals surface area contributed by atoms with Crippen LogP contribution in [-0.2, 0) is 26.1 Å². The number of nitrogens with zero attached hydrogens (tertiary/aromatic N) is 3. The standard InChI is InChI=1S/C24H31N3O4S/c1-19-8-10-22(11-9-19)32(29,30)27-14-12-26(13-15-27)23-17-25(18-24(23)31-20(2)28)16-21-6-4-3-5-7-21/h3-11,23-24H,12-18H2,1-2H3/t23-,24-/m1/s1. The first-order valence-corrected chi connectivity index (χ1v) is 12.5. The van der Waals surface area contributed by atoms with Crippen LogP contribution >= 0.6 is 0 Å². The van der Waals surface area contributed by atoms with Crippen molar-refractivity contribution in [2.75, 3.05) is 39.3 Å². The third kappa shape index (κ3) is 5.20. The molecule has 2 aromatic rings. The van der Waals surface area contributed by atoms with Gasteiger partial charge in [0.25, 0.3) is 0 Å². The number of carbonyl (C=O) groups is 1. The van der Waals surface area contributed by atoms with Crippen molar-refractivity contribution in [3.8, 4) is 0 Å². The van der Waals surface area contributed by atoms with Gasteiger partial charge < -0.3 is 4.74 Å². The third-order valence-electron chi connectivity index (χ3n) is 6.28. The minimum atomic E-state index is -3.50. The number of ether oxygens (including phenoxy) is 1. The maximum Gasteiger partial charge on any atom is 0.303 e. The van der Waals surface area contributed by atoms with Crippen LogP contribution in [0.3, 0.4) is 0 Å². The van der Waals surface area contributed by atoms with Crippen LogP contribution in [0.15, 0.2) is 59.5 Å². The highest BCUT2D eigenvalue weighted by Gasteiger charge is 2.41. The number of sulfonamides is 1. The third-order valence-corrected chi connectivity index (χ3v) is 8.19. The largest absolute Gasteiger partial charge is 0.459 e. The lowest BCUT2D eigenvalue weighted by Gasteiger charge is -2.38. The maximum absolute atomic E-state index is 13.0. The van der Waals surface area contributed by atoms with Gasteiger partial charge >= 0.3 is 5.97 Å². The Morgan fingerprint density at radius 3 is 2.25 bits per heavy atom. The van der Waals surface area contributed by atoms with Gasteiger partial charge in [0.1, 0.15) is 6.10 Å². The van der Waals surface area contributed by atoms with Gasteiger partial charge in [-0.1, -0.05) is 48.0 Å². The fourth-order valence-corrected chi connectivity index (χ4v) is 6.04. The molecule has 2 fully saturated rings. The second-order valence-corrected chi connectivity index (χ2v) is 10.6. The summed E-state index contributed by atoms with van der Waals surface area (Å²) in [6.07, 6.45) is -0.212. The zero-order valence-corrected chi connectivity index (χ0v) is 19.5. The van der Waals surface area contributed by atoms with E-state index in [1.165, 1.54) is 12.5 Å². The molecule has 2 heterocycles. The maximum atomic E-state index is 13.0. The zero-order chi connectivity index (χ0) is 22.7. The van der Waals surface area contributed by atoms with Crippen LogP contribution in [0.2, 0.25) is 0 Å². The van der Waals surface area contributed by atoms with E-state index in [1.807, 2.05) is 37.3 Å². The van der Waals surface area contributed by atoms with E-state index in [-0.39, 0.29) is 18.1 Å². The summed E-state index contributed by atoms with van der Waals surface area (Å²) in [5, 5.41) is 0. The van der Waals surface area contributed by atoms with Gasteiger partial charge in [0.15, 0.2) is 0 Å². The van der Waals surface area contributed by atoms with Crippen LogP contribution in [0.1, 0.15) is 18.1 Å². The predicted octanol–water partition coefficient (Wildman–Crippen LogP) is 2.12. The molecule has 2 aliphatic heterocycles. The van der Waals surface area contributed by atoms with Gasteiger partial charge in [-0.3, -0.25) is 14.6 Å². The molecule has 2 atom stereocenters. The average Bonchev–Trinajstić information content (AvgIpc) is 3.16. The Kier molecular flexibility index (Phi) is 6.95. The van der Waals surface area contributed by atoms with Crippen molar-refractivity contribution >= 4 is 16.0 Å². The van der Waals surface area contributed by atoms with Gasteiger partial charge in [0.2, 0.25) is 10.0 Å². The lowest BCUT2D eigenvalue weighted by Crippen LogP contribution is -2.55. The average molecular weight is 458 g/mol. The van der Waals surface area contributed by atoms with Crippen molar-refractivity contribution < 1.29 is 17.9 Å². The molecule has 4 rings (SSSR count). The van der Waals surface area contributed by atoms with E-state index >= 15 is 0 Å². The molecule has 0 amide bonds. The zero-order valence-electron chi connectivity index (χ0n) is 18.7.